The van der Waals surface area contributed by atoms with Crippen LogP contribution in [0.5, 0.6) is 0 Å². The summed E-state index contributed by atoms with van der Waals surface area (Å²) in [6.07, 6.45) is 1.90. The SMILES string of the molecule is CC(C)(C)c1ccc(C(=O)NC(Cc2ccc(Cl)c(Cl)c2)C(=O)NC23CCCC2OCC3=O)cc1. The van der Waals surface area contributed by atoms with E-state index in [4.69, 9.17) is 27.9 Å². The van der Waals surface area contributed by atoms with Gasteiger partial charge in [0.25, 0.3) is 5.91 Å². The van der Waals surface area contributed by atoms with E-state index in [9.17, 15) is 14.4 Å². The van der Waals surface area contributed by atoms with Crippen LogP contribution in [0.2, 0.25) is 10.0 Å². The van der Waals surface area contributed by atoms with E-state index in [1.165, 1.54) is 0 Å². The molecule has 4 rings (SSSR count). The third-order valence-corrected chi connectivity index (χ3v) is 7.64. The van der Waals surface area contributed by atoms with Crippen molar-refractivity contribution in [1.82, 2.24) is 10.6 Å². The maximum Gasteiger partial charge on any atom is 0.251 e. The summed E-state index contributed by atoms with van der Waals surface area (Å²) in [6, 6.07) is 11.5. The van der Waals surface area contributed by atoms with E-state index in [1.54, 1.807) is 30.3 Å². The van der Waals surface area contributed by atoms with Crippen LogP contribution in [0.3, 0.4) is 0 Å². The molecule has 2 amide bonds. The van der Waals surface area contributed by atoms with Crippen molar-refractivity contribution in [2.24, 2.45) is 0 Å². The van der Waals surface area contributed by atoms with Crippen molar-refractivity contribution in [3.63, 3.8) is 0 Å². The second kappa shape index (κ2) is 9.92. The van der Waals surface area contributed by atoms with Gasteiger partial charge in [-0.05, 0) is 60.1 Å². The van der Waals surface area contributed by atoms with E-state index in [1.807, 2.05) is 12.1 Å². The number of amides is 2. The number of halogens is 2. The van der Waals surface area contributed by atoms with Crippen molar-refractivity contribution in [2.45, 2.75) is 69.6 Å². The molecule has 2 N–H and O–H groups in total. The zero-order valence-electron chi connectivity index (χ0n) is 20.1. The molecule has 2 aliphatic rings. The maximum absolute atomic E-state index is 13.5. The topological polar surface area (TPSA) is 84.5 Å². The Kier molecular flexibility index (Phi) is 7.28. The van der Waals surface area contributed by atoms with Crippen LogP contribution < -0.4 is 10.6 Å². The number of ketones is 1. The van der Waals surface area contributed by atoms with E-state index in [0.717, 1.165) is 24.0 Å². The second-order valence-corrected chi connectivity index (χ2v) is 11.2. The number of rotatable bonds is 6. The number of Topliss-reactive ketones (excluding diaryl/α,β-unsaturated/α-hetero) is 1. The van der Waals surface area contributed by atoms with E-state index < -0.39 is 17.5 Å². The van der Waals surface area contributed by atoms with Gasteiger partial charge in [0.2, 0.25) is 5.91 Å². The molecule has 0 aromatic heterocycles. The van der Waals surface area contributed by atoms with Gasteiger partial charge in [-0.15, -0.1) is 0 Å². The predicted molar refractivity (Wildman–Crippen MR) is 136 cm³/mol. The fourth-order valence-corrected chi connectivity index (χ4v) is 5.14. The molecule has 2 fully saturated rings. The standard InChI is InChI=1S/C27H30Cl2N2O4/c1-26(2,3)18-9-7-17(8-10-18)24(33)30-21(14-16-6-11-19(28)20(29)13-16)25(34)31-27-12-4-5-23(27)35-15-22(27)32/h6-11,13,21,23H,4-5,12,14-15H2,1-3H3,(H,30,33)(H,31,34). The van der Waals surface area contributed by atoms with Gasteiger partial charge in [-0.1, -0.05) is 62.2 Å². The zero-order chi connectivity index (χ0) is 25.4. The molecule has 1 aliphatic carbocycles. The van der Waals surface area contributed by atoms with Crippen LogP contribution in [0.1, 0.15) is 61.5 Å². The van der Waals surface area contributed by atoms with Crippen LogP contribution in [-0.2, 0) is 26.2 Å². The van der Waals surface area contributed by atoms with Crippen LogP contribution in [0.4, 0.5) is 0 Å². The van der Waals surface area contributed by atoms with Crippen molar-refractivity contribution < 1.29 is 19.1 Å². The van der Waals surface area contributed by atoms with Crippen molar-refractivity contribution in [2.75, 3.05) is 6.61 Å². The predicted octanol–water partition coefficient (Wildman–Crippen LogP) is 4.64. The van der Waals surface area contributed by atoms with Gasteiger partial charge < -0.3 is 15.4 Å². The molecule has 0 spiro atoms. The first-order chi connectivity index (χ1) is 16.5. The Bertz CT molecular complexity index is 1140. The summed E-state index contributed by atoms with van der Waals surface area (Å²) in [6.45, 7) is 6.30. The van der Waals surface area contributed by atoms with Gasteiger partial charge in [0, 0.05) is 12.0 Å². The number of benzene rings is 2. The fraction of sp³-hybridized carbons (Fsp3) is 0.444. The molecule has 1 saturated heterocycles. The highest BCUT2D eigenvalue weighted by molar-refractivity contribution is 6.42. The molecule has 1 saturated carbocycles. The lowest BCUT2D eigenvalue weighted by Crippen LogP contribution is -2.60. The van der Waals surface area contributed by atoms with Crippen molar-refractivity contribution in [1.29, 1.82) is 0 Å². The highest BCUT2D eigenvalue weighted by Gasteiger charge is 2.55. The van der Waals surface area contributed by atoms with E-state index in [2.05, 4.69) is 31.4 Å². The minimum Gasteiger partial charge on any atom is -0.367 e. The van der Waals surface area contributed by atoms with Crippen molar-refractivity contribution in [3.8, 4) is 0 Å². The Morgan fingerprint density at radius 2 is 1.83 bits per heavy atom. The minimum atomic E-state index is -1.02. The number of carbonyl (C=O) groups is 3. The second-order valence-electron chi connectivity index (χ2n) is 10.4. The van der Waals surface area contributed by atoms with Crippen LogP contribution >= 0.6 is 23.2 Å². The molecule has 8 heteroatoms. The molecule has 2 aromatic rings. The third kappa shape index (κ3) is 5.40. The molecular formula is C27H30Cl2N2O4. The number of hydrogen-bond acceptors (Lipinski definition) is 4. The average molecular weight is 517 g/mol. The molecule has 1 heterocycles. The quantitative estimate of drug-likeness (QED) is 0.585. The summed E-state index contributed by atoms with van der Waals surface area (Å²) in [7, 11) is 0. The Morgan fingerprint density at radius 3 is 2.49 bits per heavy atom. The van der Waals surface area contributed by atoms with Gasteiger partial charge in [0.05, 0.1) is 16.1 Å². The van der Waals surface area contributed by atoms with E-state index >= 15 is 0 Å². The lowest BCUT2D eigenvalue weighted by atomic mass is 9.86. The summed E-state index contributed by atoms with van der Waals surface area (Å²) in [5, 5.41) is 6.57. The minimum absolute atomic E-state index is 0.00507. The molecule has 0 bridgehead atoms. The maximum atomic E-state index is 13.5. The van der Waals surface area contributed by atoms with Gasteiger partial charge in [-0.25, -0.2) is 0 Å². The number of hydrogen-bond donors (Lipinski definition) is 2. The summed E-state index contributed by atoms with van der Waals surface area (Å²) in [4.78, 5) is 39.3. The summed E-state index contributed by atoms with van der Waals surface area (Å²) in [5.74, 6) is -0.924. The number of carbonyl (C=O) groups excluding carboxylic acids is 3. The summed E-state index contributed by atoms with van der Waals surface area (Å²) < 4.78 is 5.63. The number of nitrogens with one attached hydrogen (secondary N) is 2. The lowest BCUT2D eigenvalue weighted by Gasteiger charge is -2.30. The Balaban J connectivity index is 1.57. The molecule has 6 nitrogen and oxygen atoms in total. The van der Waals surface area contributed by atoms with Gasteiger partial charge >= 0.3 is 0 Å². The molecular weight excluding hydrogens is 487 g/mol. The first kappa shape index (κ1) is 25.7. The van der Waals surface area contributed by atoms with Crippen LogP contribution in [0, 0.1) is 0 Å². The normalized spacial score (nSPS) is 22.5. The first-order valence-electron chi connectivity index (χ1n) is 11.8. The van der Waals surface area contributed by atoms with E-state index in [0.29, 0.717) is 22.0 Å². The van der Waals surface area contributed by atoms with Gasteiger partial charge in [-0.2, -0.15) is 0 Å². The van der Waals surface area contributed by atoms with Crippen molar-refractivity contribution in [3.05, 3.63) is 69.2 Å². The highest BCUT2D eigenvalue weighted by atomic mass is 35.5. The molecule has 1 aliphatic heterocycles. The first-order valence-corrected chi connectivity index (χ1v) is 12.6. The van der Waals surface area contributed by atoms with Crippen LogP contribution in [0.25, 0.3) is 0 Å². The van der Waals surface area contributed by atoms with Crippen LogP contribution in [0.15, 0.2) is 42.5 Å². The molecule has 35 heavy (non-hydrogen) atoms. The van der Waals surface area contributed by atoms with Crippen LogP contribution in [-0.4, -0.2) is 41.9 Å². The summed E-state index contributed by atoms with van der Waals surface area (Å²) >= 11 is 12.2. The Labute approximate surface area is 215 Å². The lowest BCUT2D eigenvalue weighted by molar-refractivity contribution is -0.131. The fourth-order valence-electron chi connectivity index (χ4n) is 4.82. The molecule has 3 atom stereocenters. The number of fused-ring (bicyclic) bond motifs is 1. The smallest absolute Gasteiger partial charge is 0.251 e. The third-order valence-electron chi connectivity index (χ3n) is 6.91. The van der Waals surface area contributed by atoms with Crippen molar-refractivity contribution >= 4 is 40.8 Å². The molecule has 186 valence electrons. The molecule has 0 radical (unpaired) electrons. The Hall–Kier alpha value is -2.41. The highest BCUT2D eigenvalue weighted by Crippen LogP contribution is 2.38. The summed E-state index contributed by atoms with van der Waals surface area (Å²) in [5.41, 5.74) is 1.22. The Morgan fingerprint density at radius 1 is 1.11 bits per heavy atom. The van der Waals surface area contributed by atoms with Gasteiger partial charge in [0.1, 0.15) is 18.2 Å². The largest absolute Gasteiger partial charge is 0.367 e. The molecule has 3 unspecified atom stereocenters. The van der Waals surface area contributed by atoms with Gasteiger partial charge in [-0.3, -0.25) is 14.4 Å². The number of ether oxygens (including phenoxy) is 1. The van der Waals surface area contributed by atoms with E-state index in [-0.39, 0.29) is 36.2 Å². The average Bonchev–Trinajstić information content (AvgIpc) is 3.34. The van der Waals surface area contributed by atoms with Gasteiger partial charge in [0.15, 0.2) is 5.78 Å². The molecule has 2 aromatic carbocycles. The zero-order valence-corrected chi connectivity index (χ0v) is 21.6. The monoisotopic (exact) mass is 516 g/mol.